The van der Waals surface area contributed by atoms with Crippen LogP contribution in [0.4, 0.5) is 20.7 Å². The standard InChI is InChI=1S/C20H24ClFN6O2/c1-24-20(30)28-8-11-5-10(6-12(11)9-28)17-16(18(23)27(2)26-17)19(29)25-13-3-4-15(22)14(21)7-13/h3-4,7,10-12H,5-6,8-9,23H2,1-2H3,(H,24,30)(H,25,29). The number of carbonyl (C=O) groups excluding carboxylic acids is 2. The lowest BCUT2D eigenvalue weighted by molar-refractivity contribution is 0.102. The molecule has 3 amide bonds. The molecule has 1 aromatic carbocycles. The minimum absolute atomic E-state index is 0.0546. The van der Waals surface area contributed by atoms with Gasteiger partial charge >= 0.3 is 6.03 Å². The molecular weight excluding hydrogens is 411 g/mol. The number of likely N-dealkylation sites (tertiary alicyclic amines) is 1. The largest absolute Gasteiger partial charge is 0.383 e. The van der Waals surface area contributed by atoms with Gasteiger partial charge in [-0.3, -0.25) is 9.48 Å². The highest BCUT2D eigenvalue weighted by molar-refractivity contribution is 6.31. The second kappa shape index (κ2) is 7.79. The molecule has 30 heavy (non-hydrogen) atoms. The third-order valence-corrected chi connectivity index (χ3v) is 6.45. The first-order valence-electron chi connectivity index (χ1n) is 9.83. The predicted molar refractivity (Wildman–Crippen MR) is 112 cm³/mol. The highest BCUT2D eigenvalue weighted by Crippen LogP contribution is 2.47. The van der Waals surface area contributed by atoms with Crippen LogP contribution in [0.2, 0.25) is 5.02 Å². The highest BCUT2D eigenvalue weighted by atomic mass is 35.5. The molecule has 8 nitrogen and oxygen atoms in total. The zero-order chi connectivity index (χ0) is 21.6. The van der Waals surface area contributed by atoms with Gasteiger partial charge in [-0.2, -0.15) is 5.10 Å². The van der Waals surface area contributed by atoms with E-state index < -0.39 is 11.7 Å². The molecule has 160 valence electrons. The van der Waals surface area contributed by atoms with Crippen molar-refractivity contribution in [3.63, 3.8) is 0 Å². The number of nitrogen functional groups attached to an aromatic ring is 1. The predicted octanol–water partition coefficient (Wildman–Crippen LogP) is 2.81. The molecule has 1 aliphatic carbocycles. The fraction of sp³-hybridized carbons (Fsp3) is 0.450. The third-order valence-electron chi connectivity index (χ3n) is 6.16. The molecule has 1 saturated carbocycles. The van der Waals surface area contributed by atoms with E-state index in [-0.39, 0.29) is 22.8 Å². The first-order valence-corrected chi connectivity index (χ1v) is 10.2. The van der Waals surface area contributed by atoms with Crippen LogP contribution in [-0.2, 0) is 7.05 Å². The molecule has 10 heteroatoms. The van der Waals surface area contributed by atoms with Crippen LogP contribution < -0.4 is 16.4 Å². The van der Waals surface area contributed by atoms with E-state index >= 15 is 0 Å². The number of aryl methyl sites for hydroxylation is 1. The summed E-state index contributed by atoms with van der Waals surface area (Å²) in [7, 11) is 3.34. The van der Waals surface area contributed by atoms with Crippen molar-refractivity contribution < 1.29 is 14.0 Å². The number of rotatable bonds is 3. The monoisotopic (exact) mass is 434 g/mol. The maximum absolute atomic E-state index is 13.4. The Kier molecular flexibility index (Phi) is 5.31. The van der Waals surface area contributed by atoms with Gasteiger partial charge in [-0.1, -0.05) is 11.6 Å². The van der Waals surface area contributed by atoms with Gasteiger partial charge in [0.1, 0.15) is 17.2 Å². The maximum Gasteiger partial charge on any atom is 0.317 e. The second-order valence-corrected chi connectivity index (χ2v) is 8.41. The van der Waals surface area contributed by atoms with Crippen LogP contribution in [0.3, 0.4) is 0 Å². The number of nitrogens with one attached hydrogen (secondary N) is 2. The average Bonchev–Trinajstić information content (AvgIpc) is 3.36. The summed E-state index contributed by atoms with van der Waals surface area (Å²) in [5.41, 5.74) is 7.55. The summed E-state index contributed by atoms with van der Waals surface area (Å²) in [6, 6.07) is 3.94. The van der Waals surface area contributed by atoms with Gasteiger partial charge in [-0.05, 0) is 42.9 Å². The van der Waals surface area contributed by atoms with E-state index in [9.17, 15) is 14.0 Å². The number of anilines is 2. The minimum atomic E-state index is -0.556. The van der Waals surface area contributed by atoms with Gasteiger partial charge < -0.3 is 21.3 Å². The van der Waals surface area contributed by atoms with Gasteiger partial charge in [0, 0.05) is 38.8 Å². The van der Waals surface area contributed by atoms with E-state index in [0.717, 1.165) is 12.8 Å². The van der Waals surface area contributed by atoms with Gasteiger partial charge in [0.15, 0.2) is 0 Å². The molecule has 2 aliphatic rings. The van der Waals surface area contributed by atoms with E-state index in [1.807, 2.05) is 4.90 Å². The molecular formula is C20H24ClFN6O2. The first kappa shape index (κ1) is 20.5. The molecule has 1 aliphatic heterocycles. The Morgan fingerprint density at radius 2 is 1.93 bits per heavy atom. The Labute approximate surface area is 178 Å². The lowest BCUT2D eigenvalue weighted by Crippen LogP contribution is -2.37. The summed E-state index contributed by atoms with van der Waals surface area (Å²) >= 11 is 5.81. The summed E-state index contributed by atoms with van der Waals surface area (Å²) in [5.74, 6) is 0.166. The van der Waals surface area contributed by atoms with Crippen LogP contribution in [0, 0.1) is 17.7 Å². The number of urea groups is 1. The molecule has 4 rings (SSSR count). The fourth-order valence-electron chi connectivity index (χ4n) is 4.69. The van der Waals surface area contributed by atoms with Crippen LogP contribution in [0.15, 0.2) is 18.2 Å². The number of halogens is 2. The molecule has 0 spiro atoms. The summed E-state index contributed by atoms with van der Waals surface area (Å²) in [6.07, 6.45) is 1.69. The molecule has 2 heterocycles. The number of fused-ring (bicyclic) bond motifs is 1. The highest BCUT2D eigenvalue weighted by Gasteiger charge is 2.44. The summed E-state index contributed by atoms with van der Waals surface area (Å²) < 4.78 is 14.9. The number of carbonyl (C=O) groups is 2. The number of amides is 3. The topological polar surface area (TPSA) is 105 Å². The van der Waals surface area contributed by atoms with Crippen LogP contribution in [0.25, 0.3) is 0 Å². The molecule has 2 atom stereocenters. The van der Waals surface area contributed by atoms with Crippen molar-refractivity contribution in [1.82, 2.24) is 20.0 Å². The van der Waals surface area contributed by atoms with E-state index in [4.69, 9.17) is 17.3 Å². The second-order valence-electron chi connectivity index (χ2n) is 8.00. The first-order chi connectivity index (χ1) is 14.3. The maximum atomic E-state index is 13.4. The molecule has 1 saturated heterocycles. The fourth-order valence-corrected chi connectivity index (χ4v) is 4.87. The van der Waals surface area contributed by atoms with Crippen LogP contribution >= 0.6 is 11.6 Å². The zero-order valence-corrected chi connectivity index (χ0v) is 17.5. The summed E-state index contributed by atoms with van der Waals surface area (Å²) in [4.78, 5) is 26.7. The Morgan fingerprint density at radius 3 is 2.53 bits per heavy atom. The lowest BCUT2D eigenvalue weighted by Gasteiger charge is -2.18. The molecule has 2 unspecified atom stereocenters. The molecule has 1 aromatic heterocycles. The minimum Gasteiger partial charge on any atom is -0.383 e. The Hall–Kier alpha value is -2.81. The van der Waals surface area contributed by atoms with Crippen LogP contribution in [-0.4, -0.2) is 46.8 Å². The number of nitrogens with zero attached hydrogens (tertiary/aromatic N) is 3. The third kappa shape index (κ3) is 3.58. The lowest BCUT2D eigenvalue weighted by atomic mass is 9.97. The quantitative estimate of drug-likeness (QED) is 0.690. The van der Waals surface area contributed by atoms with Crippen molar-refractivity contribution in [3.8, 4) is 0 Å². The summed E-state index contributed by atoms with van der Waals surface area (Å²) in [5, 5.41) is 9.88. The van der Waals surface area contributed by atoms with Crippen molar-refractivity contribution in [2.24, 2.45) is 18.9 Å². The zero-order valence-electron chi connectivity index (χ0n) is 16.8. The molecule has 2 aromatic rings. The van der Waals surface area contributed by atoms with Crippen molar-refractivity contribution >= 4 is 35.0 Å². The Bertz CT molecular complexity index is 995. The van der Waals surface area contributed by atoms with Crippen molar-refractivity contribution in [3.05, 3.63) is 40.3 Å². The summed E-state index contributed by atoms with van der Waals surface area (Å²) in [6.45, 7) is 1.41. The van der Waals surface area contributed by atoms with E-state index in [2.05, 4.69) is 15.7 Å². The molecule has 2 fully saturated rings. The van der Waals surface area contributed by atoms with E-state index in [1.165, 1.54) is 22.9 Å². The van der Waals surface area contributed by atoms with Gasteiger partial charge in [0.25, 0.3) is 5.91 Å². The van der Waals surface area contributed by atoms with E-state index in [1.54, 1.807) is 14.1 Å². The Morgan fingerprint density at radius 1 is 1.27 bits per heavy atom. The number of aromatic nitrogens is 2. The van der Waals surface area contributed by atoms with Gasteiger partial charge in [-0.25, -0.2) is 9.18 Å². The van der Waals surface area contributed by atoms with Crippen LogP contribution in [0.5, 0.6) is 0 Å². The number of hydrogen-bond acceptors (Lipinski definition) is 4. The number of benzene rings is 1. The molecule has 0 bridgehead atoms. The van der Waals surface area contributed by atoms with Gasteiger partial charge in [0.2, 0.25) is 0 Å². The average molecular weight is 435 g/mol. The molecule has 4 N–H and O–H groups in total. The molecule has 0 radical (unpaired) electrons. The normalized spacial score (nSPS) is 22.8. The SMILES string of the molecule is CNC(=O)N1CC2CC(c3nn(C)c(N)c3C(=O)Nc3ccc(F)c(Cl)c3)CC2C1. The van der Waals surface area contributed by atoms with Crippen LogP contribution in [0.1, 0.15) is 34.8 Å². The van der Waals surface area contributed by atoms with E-state index in [0.29, 0.717) is 41.9 Å². The smallest absolute Gasteiger partial charge is 0.317 e. The number of nitrogens with two attached hydrogens (primary N) is 1. The van der Waals surface area contributed by atoms with Crippen molar-refractivity contribution in [2.45, 2.75) is 18.8 Å². The van der Waals surface area contributed by atoms with Crippen molar-refractivity contribution in [1.29, 1.82) is 0 Å². The Balaban J connectivity index is 1.54. The van der Waals surface area contributed by atoms with Gasteiger partial charge in [0.05, 0.1) is 10.7 Å². The van der Waals surface area contributed by atoms with Gasteiger partial charge in [-0.15, -0.1) is 0 Å². The number of hydrogen-bond donors (Lipinski definition) is 3. The van der Waals surface area contributed by atoms with Crippen molar-refractivity contribution in [2.75, 3.05) is 31.2 Å².